The van der Waals surface area contributed by atoms with E-state index in [1.165, 1.54) is 13.7 Å². The van der Waals surface area contributed by atoms with Crippen LogP contribution in [0.3, 0.4) is 0 Å². The van der Waals surface area contributed by atoms with Crippen molar-refractivity contribution in [3.63, 3.8) is 0 Å². The molecule has 1 heterocycles. The molecule has 0 spiro atoms. The van der Waals surface area contributed by atoms with Crippen LogP contribution < -0.4 is 17.1 Å². The molecule has 0 saturated carbocycles. The Hall–Kier alpha value is -1.59. The van der Waals surface area contributed by atoms with Gasteiger partial charge in [-0.05, 0) is 31.1 Å². The lowest BCUT2D eigenvalue weighted by Gasteiger charge is -2.15. The van der Waals surface area contributed by atoms with Crippen LogP contribution in [-0.2, 0) is 19.6 Å². The molecule has 0 radical (unpaired) electrons. The van der Waals surface area contributed by atoms with Crippen LogP contribution in [0.1, 0.15) is 53.9 Å². The van der Waals surface area contributed by atoms with Crippen LogP contribution in [0.25, 0.3) is 0 Å². The number of nitrogens with zero attached hydrogens (tertiary/aromatic N) is 3. The van der Waals surface area contributed by atoms with Crippen molar-refractivity contribution in [2.45, 2.75) is 73.5 Å². The Morgan fingerprint density at radius 3 is 1.27 bits per heavy atom. The normalized spacial score (nSPS) is 11.6. The zero-order chi connectivity index (χ0) is 16.9. The van der Waals surface area contributed by atoms with Crippen molar-refractivity contribution >= 4 is 0 Å². The van der Waals surface area contributed by atoms with Gasteiger partial charge in [0.25, 0.3) is 0 Å². The van der Waals surface area contributed by atoms with Crippen molar-refractivity contribution in [1.29, 1.82) is 0 Å². The van der Waals surface area contributed by atoms with Gasteiger partial charge in [-0.3, -0.25) is 0 Å². The first kappa shape index (κ1) is 18.5. The lowest BCUT2D eigenvalue weighted by molar-refractivity contribution is 0.397. The van der Waals surface area contributed by atoms with Crippen molar-refractivity contribution in [2.24, 2.45) is 11.8 Å². The highest BCUT2D eigenvalue weighted by Crippen LogP contribution is 2.01. The third kappa shape index (κ3) is 4.45. The fourth-order valence-electron chi connectivity index (χ4n) is 2.25. The second-order valence-electron chi connectivity index (χ2n) is 6.67. The molecule has 0 bridgehead atoms. The summed E-state index contributed by atoms with van der Waals surface area (Å²) in [7, 11) is 0. The van der Waals surface area contributed by atoms with Crippen LogP contribution >= 0.6 is 0 Å². The van der Waals surface area contributed by atoms with E-state index in [0.717, 1.165) is 12.8 Å². The van der Waals surface area contributed by atoms with Crippen LogP contribution in [0.15, 0.2) is 14.4 Å². The third-order valence-electron chi connectivity index (χ3n) is 3.69. The van der Waals surface area contributed by atoms with E-state index in [4.69, 9.17) is 0 Å². The molecule has 0 aliphatic carbocycles. The summed E-state index contributed by atoms with van der Waals surface area (Å²) in [6, 6.07) is 0. The van der Waals surface area contributed by atoms with E-state index >= 15 is 0 Å². The quantitative estimate of drug-likeness (QED) is 0.733. The summed E-state index contributed by atoms with van der Waals surface area (Å²) in [6.07, 6.45) is 2.16. The fourth-order valence-corrected chi connectivity index (χ4v) is 2.25. The summed E-state index contributed by atoms with van der Waals surface area (Å²) in [5, 5.41) is 0. The summed E-state index contributed by atoms with van der Waals surface area (Å²) in [6.45, 7) is 11.2. The lowest BCUT2D eigenvalue weighted by atomic mass is 10.1. The molecule has 1 aromatic heterocycles. The second-order valence-corrected chi connectivity index (χ2v) is 6.67. The van der Waals surface area contributed by atoms with Gasteiger partial charge in [0, 0.05) is 19.6 Å². The molecule has 6 nitrogen and oxygen atoms in total. The average molecular weight is 311 g/mol. The minimum atomic E-state index is -0.474. The van der Waals surface area contributed by atoms with Gasteiger partial charge < -0.3 is 0 Å². The van der Waals surface area contributed by atoms with Crippen molar-refractivity contribution in [2.75, 3.05) is 0 Å². The number of hydrogen-bond acceptors (Lipinski definition) is 3. The van der Waals surface area contributed by atoms with Gasteiger partial charge in [0.1, 0.15) is 0 Å². The summed E-state index contributed by atoms with van der Waals surface area (Å²) in [5.41, 5.74) is -1.42. The molecule has 0 fully saturated rings. The van der Waals surface area contributed by atoms with E-state index in [1.807, 2.05) is 34.6 Å². The molecule has 1 rings (SSSR count). The number of aromatic nitrogens is 3. The molecule has 0 aliphatic heterocycles. The van der Waals surface area contributed by atoms with Gasteiger partial charge in [-0.25, -0.2) is 28.1 Å². The molecular formula is C16H29N3O3. The van der Waals surface area contributed by atoms with Crippen molar-refractivity contribution in [3.8, 4) is 0 Å². The first-order valence-electron chi connectivity index (χ1n) is 8.24. The Labute approximate surface area is 131 Å². The van der Waals surface area contributed by atoms with E-state index in [-0.39, 0.29) is 0 Å². The molecule has 1 aromatic rings. The summed E-state index contributed by atoms with van der Waals surface area (Å²) < 4.78 is 3.64. The maximum atomic E-state index is 12.5. The molecule has 22 heavy (non-hydrogen) atoms. The molecule has 0 amide bonds. The molecule has 0 aliphatic rings. The SMILES string of the molecule is CCCn1c(=O)n(CCC(C)C)c(=O)n(CCC(C)C)c1=O. The van der Waals surface area contributed by atoms with Gasteiger partial charge in [0.05, 0.1) is 0 Å². The zero-order valence-corrected chi connectivity index (χ0v) is 14.5. The second kappa shape index (κ2) is 8.15. The Bertz CT molecular complexity index is 600. The first-order valence-corrected chi connectivity index (χ1v) is 8.24. The van der Waals surface area contributed by atoms with Crippen LogP contribution in [0.4, 0.5) is 0 Å². The van der Waals surface area contributed by atoms with Crippen molar-refractivity contribution in [3.05, 3.63) is 31.5 Å². The summed E-state index contributed by atoms with van der Waals surface area (Å²) >= 11 is 0. The molecule has 6 heteroatoms. The van der Waals surface area contributed by atoms with Crippen LogP contribution in [0.2, 0.25) is 0 Å². The third-order valence-corrected chi connectivity index (χ3v) is 3.69. The molecular weight excluding hydrogens is 282 g/mol. The molecule has 126 valence electrons. The van der Waals surface area contributed by atoms with E-state index in [1.54, 1.807) is 0 Å². The van der Waals surface area contributed by atoms with Gasteiger partial charge in [-0.2, -0.15) is 0 Å². The predicted octanol–water partition coefficient (Wildman–Crippen LogP) is 1.67. The highest BCUT2D eigenvalue weighted by Gasteiger charge is 2.15. The van der Waals surface area contributed by atoms with Crippen molar-refractivity contribution in [1.82, 2.24) is 13.7 Å². The van der Waals surface area contributed by atoms with E-state index in [2.05, 4.69) is 0 Å². The Balaban J connectivity index is 3.39. The smallest absolute Gasteiger partial charge is 0.247 e. The molecule has 0 saturated heterocycles. The Morgan fingerprint density at radius 1 is 0.682 bits per heavy atom. The maximum absolute atomic E-state index is 12.5. The molecule has 0 atom stereocenters. The fraction of sp³-hybridized carbons (Fsp3) is 0.812. The highest BCUT2D eigenvalue weighted by atomic mass is 16.2. The van der Waals surface area contributed by atoms with Crippen LogP contribution in [0.5, 0.6) is 0 Å². The monoisotopic (exact) mass is 311 g/mol. The average Bonchev–Trinajstić information content (AvgIpc) is 2.42. The van der Waals surface area contributed by atoms with E-state index in [0.29, 0.717) is 37.9 Å². The first-order chi connectivity index (χ1) is 10.3. The van der Waals surface area contributed by atoms with Gasteiger partial charge in [-0.15, -0.1) is 0 Å². The van der Waals surface area contributed by atoms with E-state index < -0.39 is 17.1 Å². The van der Waals surface area contributed by atoms with Gasteiger partial charge in [0.2, 0.25) is 0 Å². The van der Waals surface area contributed by atoms with Crippen molar-refractivity contribution < 1.29 is 0 Å². The summed E-state index contributed by atoms with van der Waals surface area (Å²) in [4.78, 5) is 37.3. The topological polar surface area (TPSA) is 66.0 Å². The highest BCUT2D eigenvalue weighted by molar-refractivity contribution is 4.79. The maximum Gasteiger partial charge on any atom is 0.336 e. The number of hydrogen-bond donors (Lipinski definition) is 0. The van der Waals surface area contributed by atoms with E-state index in [9.17, 15) is 14.4 Å². The predicted molar refractivity (Wildman–Crippen MR) is 88.4 cm³/mol. The largest absolute Gasteiger partial charge is 0.336 e. The lowest BCUT2D eigenvalue weighted by Crippen LogP contribution is -2.54. The minimum absolute atomic E-state index is 0.349. The Morgan fingerprint density at radius 2 is 1.00 bits per heavy atom. The Kier molecular flexibility index (Phi) is 6.84. The van der Waals surface area contributed by atoms with Gasteiger partial charge in [-0.1, -0.05) is 34.6 Å². The van der Waals surface area contributed by atoms with Crippen LogP contribution in [0, 0.1) is 11.8 Å². The standard InChI is InChI=1S/C16H29N3O3/c1-6-9-17-14(20)18(10-7-12(2)3)16(22)19(15(17)21)11-8-13(4)5/h12-13H,6-11H2,1-5H3. The molecule has 0 aromatic carbocycles. The molecule has 0 N–H and O–H groups in total. The zero-order valence-electron chi connectivity index (χ0n) is 14.5. The van der Waals surface area contributed by atoms with Gasteiger partial charge >= 0.3 is 17.1 Å². The minimum Gasteiger partial charge on any atom is -0.247 e. The molecule has 0 unspecified atom stereocenters. The van der Waals surface area contributed by atoms with Gasteiger partial charge in [0.15, 0.2) is 0 Å². The van der Waals surface area contributed by atoms with Crippen LogP contribution in [-0.4, -0.2) is 13.7 Å². The number of rotatable bonds is 8. The summed E-state index contributed by atoms with van der Waals surface area (Å²) in [5.74, 6) is 0.781.